The molecule has 6 nitrogen and oxygen atoms in total. The Kier molecular flexibility index (Phi) is 3.58. The molecule has 2 heterocycles. The highest BCUT2D eigenvalue weighted by atomic mass is 16.5. The van der Waals surface area contributed by atoms with Crippen molar-refractivity contribution in [3.05, 3.63) is 18.3 Å². The SMILES string of the molecule is NC1(C(=O)Nc2ccc(N3CCOCC3)nc2)CCC1. The lowest BCUT2D eigenvalue weighted by Crippen LogP contribution is -2.56. The van der Waals surface area contributed by atoms with Crippen molar-refractivity contribution in [3.8, 4) is 0 Å². The van der Waals surface area contributed by atoms with Crippen LogP contribution in [-0.4, -0.2) is 42.7 Å². The first kappa shape index (κ1) is 13.3. The normalized spacial score (nSPS) is 21.1. The van der Waals surface area contributed by atoms with E-state index in [9.17, 15) is 4.79 Å². The molecule has 6 heteroatoms. The minimum absolute atomic E-state index is 0.107. The number of nitrogens with zero attached hydrogens (tertiary/aromatic N) is 2. The third-order valence-corrected chi connectivity index (χ3v) is 4.04. The summed E-state index contributed by atoms with van der Waals surface area (Å²) in [4.78, 5) is 18.6. The Labute approximate surface area is 118 Å². The highest BCUT2D eigenvalue weighted by Gasteiger charge is 2.40. The first-order valence-corrected chi connectivity index (χ1v) is 7.06. The van der Waals surface area contributed by atoms with Gasteiger partial charge in [0.15, 0.2) is 0 Å². The third-order valence-electron chi connectivity index (χ3n) is 4.04. The quantitative estimate of drug-likeness (QED) is 0.851. The van der Waals surface area contributed by atoms with Gasteiger partial charge in [-0.15, -0.1) is 0 Å². The summed E-state index contributed by atoms with van der Waals surface area (Å²) in [5.41, 5.74) is 6.01. The van der Waals surface area contributed by atoms with E-state index in [1.165, 1.54) is 0 Å². The van der Waals surface area contributed by atoms with E-state index in [0.717, 1.165) is 51.4 Å². The van der Waals surface area contributed by atoms with Gasteiger partial charge in [-0.2, -0.15) is 0 Å². The van der Waals surface area contributed by atoms with Crippen LogP contribution < -0.4 is 16.0 Å². The number of ether oxygens (including phenoxy) is 1. The van der Waals surface area contributed by atoms with Gasteiger partial charge in [-0.25, -0.2) is 4.98 Å². The molecule has 1 aromatic heterocycles. The van der Waals surface area contributed by atoms with E-state index in [1.54, 1.807) is 6.20 Å². The molecule has 0 atom stereocenters. The van der Waals surface area contributed by atoms with Gasteiger partial charge in [-0.05, 0) is 31.4 Å². The summed E-state index contributed by atoms with van der Waals surface area (Å²) in [6, 6.07) is 3.79. The minimum atomic E-state index is -0.678. The molecular weight excluding hydrogens is 256 g/mol. The smallest absolute Gasteiger partial charge is 0.244 e. The number of rotatable bonds is 3. The van der Waals surface area contributed by atoms with Crippen molar-refractivity contribution in [2.75, 3.05) is 36.5 Å². The fourth-order valence-corrected chi connectivity index (χ4v) is 2.48. The molecule has 1 saturated carbocycles. The van der Waals surface area contributed by atoms with Gasteiger partial charge in [0, 0.05) is 13.1 Å². The monoisotopic (exact) mass is 276 g/mol. The molecule has 2 fully saturated rings. The zero-order chi connectivity index (χ0) is 14.0. The molecule has 0 aromatic carbocycles. The second kappa shape index (κ2) is 5.38. The van der Waals surface area contributed by atoms with Crippen LogP contribution in [0.1, 0.15) is 19.3 Å². The number of carbonyl (C=O) groups is 1. The van der Waals surface area contributed by atoms with Crippen molar-refractivity contribution < 1.29 is 9.53 Å². The van der Waals surface area contributed by atoms with Crippen molar-refractivity contribution in [1.29, 1.82) is 0 Å². The Morgan fingerprint density at radius 2 is 2.10 bits per heavy atom. The first-order chi connectivity index (χ1) is 9.67. The van der Waals surface area contributed by atoms with Crippen LogP contribution in [0.2, 0.25) is 0 Å². The molecule has 0 unspecified atom stereocenters. The Morgan fingerprint density at radius 1 is 1.35 bits per heavy atom. The number of nitrogens with two attached hydrogens (primary N) is 1. The van der Waals surface area contributed by atoms with Crippen LogP contribution >= 0.6 is 0 Å². The Hall–Kier alpha value is -1.66. The van der Waals surface area contributed by atoms with Gasteiger partial charge in [0.05, 0.1) is 30.6 Å². The average molecular weight is 276 g/mol. The highest BCUT2D eigenvalue weighted by Crippen LogP contribution is 2.30. The van der Waals surface area contributed by atoms with Crippen LogP contribution in [0, 0.1) is 0 Å². The summed E-state index contributed by atoms with van der Waals surface area (Å²) in [6.45, 7) is 3.17. The summed E-state index contributed by atoms with van der Waals surface area (Å²) in [6.07, 6.45) is 4.24. The van der Waals surface area contributed by atoms with E-state index in [1.807, 2.05) is 12.1 Å². The largest absolute Gasteiger partial charge is 0.378 e. The fraction of sp³-hybridized carbons (Fsp3) is 0.571. The molecule has 0 radical (unpaired) electrons. The molecule has 1 saturated heterocycles. The molecule has 0 bridgehead atoms. The van der Waals surface area contributed by atoms with Crippen molar-refractivity contribution in [3.63, 3.8) is 0 Å². The lowest BCUT2D eigenvalue weighted by atomic mass is 9.77. The lowest BCUT2D eigenvalue weighted by molar-refractivity contribution is -0.123. The van der Waals surface area contributed by atoms with Crippen LogP contribution in [-0.2, 0) is 9.53 Å². The molecule has 108 valence electrons. The zero-order valence-corrected chi connectivity index (χ0v) is 11.5. The van der Waals surface area contributed by atoms with Gasteiger partial charge in [0.25, 0.3) is 0 Å². The summed E-state index contributed by atoms with van der Waals surface area (Å²) >= 11 is 0. The summed E-state index contributed by atoms with van der Waals surface area (Å²) in [5, 5.41) is 2.84. The van der Waals surface area contributed by atoms with E-state index >= 15 is 0 Å². The first-order valence-electron chi connectivity index (χ1n) is 7.06. The van der Waals surface area contributed by atoms with Gasteiger partial charge in [-0.1, -0.05) is 0 Å². The maximum atomic E-state index is 12.0. The third kappa shape index (κ3) is 2.62. The van der Waals surface area contributed by atoms with Crippen LogP contribution in [0.15, 0.2) is 18.3 Å². The Morgan fingerprint density at radius 3 is 2.65 bits per heavy atom. The van der Waals surface area contributed by atoms with E-state index in [0.29, 0.717) is 5.69 Å². The average Bonchev–Trinajstić information content (AvgIpc) is 2.46. The fourth-order valence-electron chi connectivity index (χ4n) is 2.48. The number of hydrogen-bond donors (Lipinski definition) is 2. The predicted molar refractivity (Wildman–Crippen MR) is 76.7 cm³/mol. The number of anilines is 2. The predicted octanol–water partition coefficient (Wildman–Crippen LogP) is 0.738. The van der Waals surface area contributed by atoms with E-state index in [-0.39, 0.29) is 5.91 Å². The number of hydrogen-bond acceptors (Lipinski definition) is 5. The molecule has 3 N–H and O–H groups in total. The van der Waals surface area contributed by atoms with Crippen molar-refractivity contribution in [2.45, 2.75) is 24.8 Å². The molecular formula is C14H20N4O2. The van der Waals surface area contributed by atoms with Gasteiger partial charge in [-0.3, -0.25) is 4.79 Å². The van der Waals surface area contributed by atoms with E-state index in [2.05, 4.69) is 15.2 Å². The number of amides is 1. The standard InChI is InChI=1S/C14H20N4O2/c15-14(4-1-5-14)13(19)17-11-2-3-12(16-10-11)18-6-8-20-9-7-18/h2-3,10H,1,4-9,15H2,(H,17,19). The molecule has 1 aliphatic heterocycles. The van der Waals surface area contributed by atoms with Gasteiger partial charge < -0.3 is 20.7 Å². The topological polar surface area (TPSA) is 80.5 Å². The maximum Gasteiger partial charge on any atom is 0.244 e. The molecule has 20 heavy (non-hydrogen) atoms. The Bertz CT molecular complexity index is 478. The molecule has 3 rings (SSSR count). The molecule has 1 aromatic rings. The number of morpholine rings is 1. The second-order valence-corrected chi connectivity index (χ2v) is 5.47. The lowest BCUT2D eigenvalue weighted by Gasteiger charge is -2.36. The number of pyridine rings is 1. The number of carbonyl (C=O) groups excluding carboxylic acids is 1. The van der Waals surface area contributed by atoms with Gasteiger partial charge in [0.1, 0.15) is 5.82 Å². The zero-order valence-electron chi connectivity index (χ0n) is 11.5. The van der Waals surface area contributed by atoms with Crippen LogP contribution in [0.25, 0.3) is 0 Å². The van der Waals surface area contributed by atoms with E-state index < -0.39 is 5.54 Å². The molecule has 0 spiro atoms. The van der Waals surface area contributed by atoms with Crippen LogP contribution in [0.4, 0.5) is 11.5 Å². The highest BCUT2D eigenvalue weighted by molar-refractivity contribution is 5.98. The maximum absolute atomic E-state index is 12.0. The molecule has 1 amide bonds. The van der Waals surface area contributed by atoms with Crippen molar-refractivity contribution in [2.24, 2.45) is 5.73 Å². The number of nitrogens with one attached hydrogen (secondary N) is 1. The van der Waals surface area contributed by atoms with Crippen LogP contribution in [0.5, 0.6) is 0 Å². The van der Waals surface area contributed by atoms with Gasteiger partial charge >= 0.3 is 0 Å². The number of aromatic nitrogens is 1. The minimum Gasteiger partial charge on any atom is -0.378 e. The van der Waals surface area contributed by atoms with Crippen molar-refractivity contribution >= 4 is 17.4 Å². The van der Waals surface area contributed by atoms with Crippen molar-refractivity contribution in [1.82, 2.24) is 4.98 Å². The molecule has 2 aliphatic rings. The Balaban J connectivity index is 1.62. The molecule has 1 aliphatic carbocycles. The van der Waals surface area contributed by atoms with E-state index in [4.69, 9.17) is 10.5 Å². The summed E-state index contributed by atoms with van der Waals surface area (Å²) in [5.74, 6) is 0.807. The second-order valence-electron chi connectivity index (χ2n) is 5.47. The van der Waals surface area contributed by atoms with Gasteiger partial charge in [0.2, 0.25) is 5.91 Å². The summed E-state index contributed by atoms with van der Waals surface area (Å²) in [7, 11) is 0. The van der Waals surface area contributed by atoms with Crippen LogP contribution in [0.3, 0.4) is 0 Å². The summed E-state index contributed by atoms with van der Waals surface area (Å²) < 4.78 is 5.31.